The number of piperidine rings is 2. The summed E-state index contributed by atoms with van der Waals surface area (Å²) in [6.07, 6.45) is 2.08. The Balaban J connectivity index is 1.39. The molecule has 4 rings (SSSR count). The standard InChI is InChI=1S/C18H24ClFN4O/c19-16-12(2-1-3-14(16)20)11-5-8-24(9-6-11)18(25)17-13-4-7-21-10-15(13)22-23-17/h1-3,11,13,15,18,21-22,25H,4-10H2/t13-,15?,18?/m0/s1. The van der Waals surface area contributed by atoms with Crippen LogP contribution in [-0.2, 0) is 0 Å². The molecule has 0 spiro atoms. The highest BCUT2D eigenvalue weighted by Crippen LogP contribution is 2.35. The molecule has 0 amide bonds. The summed E-state index contributed by atoms with van der Waals surface area (Å²) >= 11 is 6.13. The molecular formula is C18H24ClFN4O. The van der Waals surface area contributed by atoms with E-state index in [0.717, 1.165) is 56.7 Å². The Morgan fingerprint density at radius 2 is 2.08 bits per heavy atom. The fourth-order valence-electron chi connectivity index (χ4n) is 4.32. The first-order valence-electron chi connectivity index (χ1n) is 9.05. The highest BCUT2D eigenvalue weighted by atomic mass is 35.5. The molecule has 1 aromatic carbocycles. The van der Waals surface area contributed by atoms with E-state index in [4.69, 9.17) is 11.6 Å². The second-order valence-corrected chi connectivity index (χ2v) is 7.58. The monoisotopic (exact) mass is 366 g/mol. The normalized spacial score (nSPS) is 29.0. The van der Waals surface area contributed by atoms with Gasteiger partial charge in [0, 0.05) is 25.6 Å². The van der Waals surface area contributed by atoms with Crippen LogP contribution in [0.3, 0.4) is 0 Å². The quantitative estimate of drug-likeness (QED) is 0.765. The molecule has 136 valence electrons. The first kappa shape index (κ1) is 17.2. The van der Waals surface area contributed by atoms with Crippen LogP contribution in [0.1, 0.15) is 30.7 Å². The lowest BCUT2D eigenvalue weighted by Gasteiger charge is -2.37. The van der Waals surface area contributed by atoms with Gasteiger partial charge in [-0.05, 0) is 43.4 Å². The first-order chi connectivity index (χ1) is 12.1. The third-order valence-corrected chi connectivity index (χ3v) is 6.18. The third-order valence-electron chi connectivity index (χ3n) is 5.78. The second-order valence-electron chi connectivity index (χ2n) is 7.20. The van der Waals surface area contributed by atoms with Crippen molar-refractivity contribution in [2.24, 2.45) is 11.0 Å². The fourth-order valence-corrected chi connectivity index (χ4v) is 4.60. The predicted octanol–water partition coefficient (Wildman–Crippen LogP) is 1.91. The summed E-state index contributed by atoms with van der Waals surface area (Å²) in [5.41, 5.74) is 4.91. The number of aliphatic hydroxyl groups is 1. The maximum Gasteiger partial charge on any atom is 0.148 e. The number of rotatable bonds is 3. The highest BCUT2D eigenvalue weighted by molar-refractivity contribution is 6.31. The van der Waals surface area contributed by atoms with Gasteiger partial charge in [-0.3, -0.25) is 4.90 Å². The molecule has 2 unspecified atom stereocenters. The van der Waals surface area contributed by atoms with E-state index in [0.29, 0.717) is 12.0 Å². The Hall–Kier alpha value is -1.21. The van der Waals surface area contributed by atoms with Crippen LogP contribution in [0.5, 0.6) is 0 Å². The minimum Gasteiger partial charge on any atom is -0.373 e. The average Bonchev–Trinajstić information content (AvgIpc) is 3.08. The molecule has 0 saturated carbocycles. The molecule has 25 heavy (non-hydrogen) atoms. The van der Waals surface area contributed by atoms with E-state index in [1.807, 2.05) is 6.07 Å². The highest BCUT2D eigenvalue weighted by Gasteiger charge is 2.39. The zero-order valence-corrected chi connectivity index (χ0v) is 14.8. The minimum absolute atomic E-state index is 0.238. The number of hydrazone groups is 1. The van der Waals surface area contributed by atoms with Gasteiger partial charge in [0.15, 0.2) is 0 Å². The SMILES string of the molecule is OC(C1=NNC2CNCC[C@H]12)N1CCC(c2cccc(F)c2Cl)CC1. The summed E-state index contributed by atoms with van der Waals surface area (Å²) in [7, 11) is 0. The van der Waals surface area contributed by atoms with Crippen molar-refractivity contribution in [3.8, 4) is 0 Å². The largest absolute Gasteiger partial charge is 0.373 e. The van der Waals surface area contributed by atoms with Crippen LogP contribution in [0.4, 0.5) is 4.39 Å². The summed E-state index contributed by atoms with van der Waals surface area (Å²) in [6, 6.07) is 5.31. The molecule has 2 fully saturated rings. The minimum atomic E-state index is -0.635. The first-order valence-corrected chi connectivity index (χ1v) is 9.42. The number of hydrogen-bond acceptors (Lipinski definition) is 5. The van der Waals surface area contributed by atoms with Crippen molar-refractivity contribution in [3.05, 3.63) is 34.6 Å². The topological polar surface area (TPSA) is 59.9 Å². The number of fused-ring (bicyclic) bond motifs is 1. The van der Waals surface area contributed by atoms with Gasteiger partial charge in [-0.15, -0.1) is 0 Å². The van der Waals surface area contributed by atoms with Gasteiger partial charge < -0.3 is 15.8 Å². The molecule has 1 aromatic rings. The fraction of sp³-hybridized carbons (Fsp3) is 0.611. The molecule has 0 aromatic heterocycles. The predicted molar refractivity (Wildman–Crippen MR) is 96.3 cm³/mol. The van der Waals surface area contributed by atoms with Gasteiger partial charge in [-0.2, -0.15) is 5.10 Å². The van der Waals surface area contributed by atoms with E-state index in [-0.39, 0.29) is 16.8 Å². The molecule has 3 atom stereocenters. The Morgan fingerprint density at radius 1 is 1.28 bits per heavy atom. The number of likely N-dealkylation sites (tertiary alicyclic amines) is 1. The van der Waals surface area contributed by atoms with Gasteiger partial charge in [0.25, 0.3) is 0 Å². The molecule has 3 heterocycles. The maximum absolute atomic E-state index is 13.7. The lowest BCUT2D eigenvalue weighted by Crippen LogP contribution is -2.51. The average molecular weight is 367 g/mol. The van der Waals surface area contributed by atoms with Gasteiger partial charge in [-0.25, -0.2) is 4.39 Å². The molecule has 7 heteroatoms. The van der Waals surface area contributed by atoms with E-state index in [1.165, 1.54) is 6.07 Å². The van der Waals surface area contributed by atoms with Crippen LogP contribution in [0.25, 0.3) is 0 Å². The van der Waals surface area contributed by atoms with Crippen molar-refractivity contribution in [2.45, 2.75) is 37.5 Å². The molecule has 3 N–H and O–H groups in total. The van der Waals surface area contributed by atoms with Crippen molar-refractivity contribution in [1.29, 1.82) is 0 Å². The number of nitrogens with zero attached hydrogens (tertiary/aromatic N) is 2. The van der Waals surface area contributed by atoms with Gasteiger partial charge in [0.1, 0.15) is 12.0 Å². The molecule has 3 aliphatic heterocycles. The lowest BCUT2D eigenvalue weighted by molar-refractivity contribution is 0.0349. The van der Waals surface area contributed by atoms with Gasteiger partial charge in [0.2, 0.25) is 0 Å². The number of hydrogen-bond donors (Lipinski definition) is 3. The van der Waals surface area contributed by atoms with E-state index < -0.39 is 6.23 Å². The van der Waals surface area contributed by atoms with Gasteiger partial charge in [0.05, 0.1) is 16.8 Å². The van der Waals surface area contributed by atoms with Crippen molar-refractivity contribution in [3.63, 3.8) is 0 Å². The Labute approximate surface area is 152 Å². The zero-order chi connectivity index (χ0) is 17.4. The third kappa shape index (κ3) is 3.28. The smallest absolute Gasteiger partial charge is 0.148 e. The molecule has 5 nitrogen and oxygen atoms in total. The molecular weight excluding hydrogens is 343 g/mol. The Bertz CT molecular complexity index is 662. The van der Waals surface area contributed by atoms with Gasteiger partial charge >= 0.3 is 0 Å². The number of aliphatic hydroxyl groups excluding tert-OH is 1. The van der Waals surface area contributed by atoms with Crippen LogP contribution >= 0.6 is 11.6 Å². The van der Waals surface area contributed by atoms with Crippen LogP contribution in [0, 0.1) is 11.7 Å². The van der Waals surface area contributed by atoms with Crippen molar-refractivity contribution >= 4 is 17.3 Å². The molecule has 0 radical (unpaired) electrons. The summed E-state index contributed by atoms with van der Waals surface area (Å²) in [4.78, 5) is 2.08. The molecule has 0 bridgehead atoms. The van der Waals surface area contributed by atoms with Crippen molar-refractivity contribution in [1.82, 2.24) is 15.6 Å². The zero-order valence-electron chi connectivity index (χ0n) is 14.1. The van der Waals surface area contributed by atoms with Crippen LogP contribution in [-0.4, -0.2) is 54.2 Å². The van der Waals surface area contributed by atoms with Gasteiger partial charge in [-0.1, -0.05) is 23.7 Å². The molecule has 3 aliphatic rings. The number of benzene rings is 1. The molecule has 0 aliphatic carbocycles. The summed E-state index contributed by atoms with van der Waals surface area (Å²) in [6.45, 7) is 3.37. The Morgan fingerprint density at radius 3 is 2.88 bits per heavy atom. The van der Waals surface area contributed by atoms with Crippen LogP contribution in [0.2, 0.25) is 5.02 Å². The van der Waals surface area contributed by atoms with E-state index >= 15 is 0 Å². The molecule has 2 saturated heterocycles. The summed E-state index contributed by atoms with van der Waals surface area (Å²) in [5, 5.41) is 18.8. The van der Waals surface area contributed by atoms with E-state index in [2.05, 4.69) is 20.7 Å². The summed E-state index contributed by atoms with van der Waals surface area (Å²) < 4.78 is 13.7. The van der Waals surface area contributed by atoms with Crippen molar-refractivity contribution < 1.29 is 9.50 Å². The Kier molecular flexibility index (Phi) is 4.95. The van der Waals surface area contributed by atoms with Crippen molar-refractivity contribution in [2.75, 3.05) is 26.2 Å². The lowest BCUT2D eigenvalue weighted by atomic mass is 9.86. The number of halogens is 2. The van der Waals surface area contributed by atoms with E-state index in [1.54, 1.807) is 6.07 Å². The van der Waals surface area contributed by atoms with Crippen LogP contribution < -0.4 is 10.7 Å². The number of nitrogens with one attached hydrogen (secondary N) is 2. The summed E-state index contributed by atoms with van der Waals surface area (Å²) in [5.74, 6) is 0.193. The maximum atomic E-state index is 13.7. The van der Waals surface area contributed by atoms with Crippen LogP contribution in [0.15, 0.2) is 23.3 Å². The van der Waals surface area contributed by atoms with E-state index in [9.17, 15) is 9.50 Å². The second kappa shape index (κ2) is 7.19.